The molecule has 1 N–H and O–H groups in total. The van der Waals surface area contributed by atoms with E-state index in [4.69, 9.17) is 11.6 Å². The van der Waals surface area contributed by atoms with Crippen LogP contribution >= 0.6 is 11.6 Å². The fourth-order valence-electron chi connectivity index (χ4n) is 4.19. The number of sulfonamides is 1. The Labute approximate surface area is 230 Å². The van der Waals surface area contributed by atoms with Crippen molar-refractivity contribution in [2.75, 3.05) is 23.9 Å². The van der Waals surface area contributed by atoms with Crippen LogP contribution < -0.4 is 9.62 Å². The van der Waals surface area contributed by atoms with Crippen molar-refractivity contribution < 1.29 is 18.0 Å². The minimum absolute atomic E-state index is 0.0579. The Morgan fingerprint density at radius 2 is 1.63 bits per heavy atom. The van der Waals surface area contributed by atoms with Gasteiger partial charge < -0.3 is 10.2 Å². The first-order valence-corrected chi connectivity index (χ1v) is 14.4. The van der Waals surface area contributed by atoms with E-state index in [2.05, 4.69) is 5.32 Å². The van der Waals surface area contributed by atoms with E-state index in [9.17, 15) is 18.0 Å². The highest BCUT2D eigenvalue weighted by Gasteiger charge is 2.33. The maximum absolute atomic E-state index is 13.9. The van der Waals surface area contributed by atoms with Crippen LogP contribution in [-0.4, -0.2) is 50.8 Å². The van der Waals surface area contributed by atoms with Crippen molar-refractivity contribution in [2.45, 2.75) is 44.6 Å². The molecule has 1 atom stereocenters. The molecule has 0 saturated carbocycles. The molecule has 38 heavy (non-hydrogen) atoms. The molecule has 0 unspecified atom stereocenters. The molecule has 0 bridgehead atoms. The summed E-state index contributed by atoms with van der Waals surface area (Å²) in [6, 6.07) is 21.7. The molecule has 3 aromatic rings. The summed E-state index contributed by atoms with van der Waals surface area (Å²) in [6.07, 6.45) is 0.901. The quantitative estimate of drug-likeness (QED) is 0.347. The SMILES string of the molecule is CCNC(=O)[C@@H](CC)N(CCc1ccccc1)C(=O)CN(c1cccc(Cl)c1)S(=O)(=O)c1ccc(C)cc1. The molecule has 7 nitrogen and oxygen atoms in total. The van der Waals surface area contributed by atoms with Crippen molar-refractivity contribution >= 4 is 39.1 Å². The molecule has 0 radical (unpaired) electrons. The zero-order chi connectivity index (χ0) is 27.7. The second kappa shape index (κ2) is 13.4. The molecule has 0 heterocycles. The molecular weight excluding hydrogens is 522 g/mol. The van der Waals surface area contributed by atoms with Gasteiger partial charge in [-0.25, -0.2) is 8.42 Å². The van der Waals surface area contributed by atoms with Gasteiger partial charge in [0.15, 0.2) is 0 Å². The van der Waals surface area contributed by atoms with Crippen molar-refractivity contribution in [1.82, 2.24) is 10.2 Å². The van der Waals surface area contributed by atoms with Crippen LogP contribution in [-0.2, 0) is 26.0 Å². The van der Waals surface area contributed by atoms with E-state index in [1.165, 1.54) is 23.1 Å². The predicted octanol–water partition coefficient (Wildman–Crippen LogP) is 4.83. The maximum Gasteiger partial charge on any atom is 0.264 e. The first-order chi connectivity index (χ1) is 18.2. The second-order valence-corrected chi connectivity index (χ2v) is 11.2. The summed E-state index contributed by atoms with van der Waals surface area (Å²) < 4.78 is 28.7. The molecule has 3 aromatic carbocycles. The number of nitrogens with zero attached hydrogens (tertiary/aromatic N) is 2. The Hall–Kier alpha value is -3.36. The van der Waals surface area contributed by atoms with E-state index in [1.807, 2.05) is 51.1 Å². The topological polar surface area (TPSA) is 86.8 Å². The predicted molar refractivity (Wildman–Crippen MR) is 152 cm³/mol. The molecular formula is C29H34ClN3O4S. The first kappa shape index (κ1) is 29.2. The van der Waals surface area contributed by atoms with Crippen molar-refractivity contribution in [3.05, 3.63) is 95.0 Å². The summed E-state index contributed by atoms with van der Waals surface area (Å²) in [5.41, 5.74) is 2.18. The third-order valence-electron chi connectivity index (χ3n) is 6.21. The van der Waals surface area contributed by atoms with Crippen LogP contribution in [0, 0.1) is 6.92 Å². The number of nitrogens with one attached hydrogen (secondary N) is 1. The van der Waals surface area contributed by atoms with Gasteiger partial charge in [0, 0.05) is 18.1 Å². The largest absolute Gasteiger partial charge is 0.355 e. The van der Waals surface area contributed by atoms with Crippen LogP contribution in [0.15, 0.2) is 83.8 Å². The molecule has 0 aliphatic heterocycles. The van der Waals surface area contributed by atoms with Gasteiger partial charge in [0.05, 0.1) is 10.6 Å². The molecule has 0 aliphatic carbocycles. The number of carbonyl (C=O) groups is 2. The molecule has 0 aromatic heterocycles. The Kier molecular flexibility index (Phi) is 10.3. The van der Waals surface area contributed by atoms with Crippen LogP contribution in [0.5, 0.6) is 0 Å². The minimum Gasteiger partial charge on any atom is -0.355 e. The molecule has 3 rings (SSSR count). The molecule has 2 amide bonds. The number of carbonyl (C=O) groups excluding carboxylic acids is 2. The van der Waals surface area contributed by atoms with Crippen molar-refractivity contribution in [3.8, 4) is 0 Å². The highest BCUT2D eigenvalue weighted by molar-refractivity contribution is 7.92. The summed E-state index contributed by atoms with van der Waals surface area (Å²) in [4.78, 5) is 28.4. The Balaban J connectivity index is 2.00. The van der Waals surface area contributed by atoms with Crippen LogP contribution in [0.25, 0.3) is 0 Å². The van der Waals surface area contributed by atoms with Gasteiger partial charge in [-0.1, -0.05) is 72.6 Å². The van der Waals surface area contributed by atoms with Gasteiger partial charge in [0.2, 0.25) is 11.8 Å². The second-order valence-electron chi connectivity index (χ2n) is 8.95. The summed E-state index contributed by atoms with van der Waals surface area (Å²) in [6.45, 7) is 5.71. The van der Waals surface area contributed by atoms with E-state index >= 15 is 0 Å². The maximum atomic E-state index is 13.9. The molecule has 0 spiro atoms. The van der Waals surface area contributed by atoms with Crippen molar-refractivity contribution in [2.24, 2.45) is 0 Å². The van der Waals surface area contributed by atoms with E-state index in [0.29, 0.717) is 24.4 Å². The number of aryl methyl sites for hydroxylation is 1. The number of hydrogen-bond donors (Lipinski definition) is 1. The van der Waals surface area contributed by atoms with Crippen LogP contribution in [0.1, 0.15) is 31.4 Å². The standard InChI is InChI=1S/C29H34ClN3O4S/c1-4-27(29(35)31-5-2)32(19-18-23-10-7-6-8-11-23)28(34)21-33(25-13-9-12-24(30)20-25)38(36,37)26-16-14-22(3)15-17-26/h6-17,20,27H,4-5,18-19,21H2,1-3H3,(H,31,35)/t27-/m1/s1. The lowest BCUT2D eigenvalue weighted by Gasteiger charge is -2.33. The van der Waals surface area contributed by atoms with E-state index in [1.54, 1.807) is 30.3 Å². The molecule has 0 fully saturated rings. The van der Waals surface area contributed by atoms with Gasteiger partial charge in [0.25, 0.3) is 10.0 Å². The Bertz CT molecular complexity index is 1330. The molecule has 202 valence electrons. The van der Waals surface area contributed by atoms with Crippen molar-refractivity contribution in [1.29, 1.82) is 0 Å². The first-order valence-electron chi connectivity index (χ1n) is 12.6. The monoisotopic (exact) mass is 555 g/mol. The van der Waals surface area contributed by atoms with Crippen LogP contribution in [0.2, 0.25) is 5.02 Å². The number of benzene rings is 3. The summed E-state index contributed by atoms with van der Waals surface area (Å²) in [7, 11) is -4.12. The third-order valence-corrected chi connectivity index (χ3v) is 8.23. The number of anilines is 1. The zero-order valence-corrected chi connectivity index (χ0v) is 23.5. The number of amides is 2. The van der Waals surface area contributed by atoms with Gasteiger partial charge in [0.1, 0.15) is 12.6 Å². The normalized spacial score (nSPS) is 12.0. The van der Waals surface area contributed by atoms with Gasteiger partial charge in [-0.2, -0.15) is 0 Å². The lowest BCUT2D eigenvalue weighted by molar-refractivity contribution is -0.139. The fourth-order valence-corrected chi connectivity index (χ4v) is 5.78. The lowest BCUT2D eigenvalue weighted by atomic mass is 10.1. The smallest absolute Gasteiger partial charge is 0.264 e. The van der Waals surface area contributed by atoms with Gasteiger partial charge in [-0.05, 0) is 62.6 Å². The van der Waals surface area contributed by atoms with E-state index in [-0.39, 0.29) is 23.0 Å². The Morgan fingerprint density at radius 3 is 2.24 bits per heavy atom. The van der Waals surface area contributed by atoms with Gasteiger partial charge in [-0.3, -0.25) is 13.9 Å². The molecule has 0 saturated heterocycles. The van der Waals surface area contributed by atoms with E-state index in [0.717, 1.165) is 15.4 Å². The summed E-state index contributed by atoms with van der Waals surface area (Å²) in [5, 5.41) is 3.14. The highest BCUT2D eigenvalue weighted by atomic mass is 35.5. The molecule has 9 heteroatoms. The minimum atomic E-state index is -4.12. The lowest BCUT2D eigenvalue weighted by Crippen LogP contribution is -2.53. The number of rotatable bonds is 12. The Morgan fingerprint density at radius 1 is 0.947 bits per heavy atom. The number of halogens is 1. The summed E-state index contributed by atoms with van der Waals surface area (Å²) in [5.74, 6) is -0.748. The number of hydrogen-bond acceptors (Lipinski definition) is 4. The van der Waals surface area contributed by atoms with Gasteiger partial charge in [-0.15, -0.1) is 0 Å². The average Bonchev–Trinajstić information content (AvgIpc) is 2.90. The molecule has 0 aliphatic rings. The fraction of sp³-hybridized carbons (Fsp3) is 0.310. The van der Waals surface area contributed by atoms with Crippen LogP contribution in [0.3, 0.4) is 0 Å². The average molecular weight is 556 g/mol. The van der Waals surface area contributed by atoms with Crippen molar-refractivity contribution in [3.63, 3.8) is 0 Å². The summed E-state index contributed by atoms with van der Waals surface area (Å²) >= 11 is 6.20. The zero-order valence-electron chi connectivity index (χ0n) is 21.9. The van der Waals surface area contributed by atoms with Crippen LogP contribution in [0.4, 0.5) is 5.69 Å². The third kappa shape index (κ3) is 7.36. The van der Waals surface area contributed by atoms with Gasteiger partial charge >= 0.3 is 0 Å². The van der Waals surface area contributed by atoms with E-state index < -0.39 is 28.5 Å². The number of likely N-dealkylation sites (N-methyl/N-ethyl adjacent to an activating group) is 1. The highest BCUT2D eigenvalue weighted by Crippen LogP contribution is 2.27.